The highest BCUT2D eigenvalue weighted by Crippen LogP contribution is 2.74. The molecule has 0 radical (unpaired) electrons. The molecule has 0 saturated heterocycles. The SMILES string of the molecule is CC(C)Oc1ccsc1C(C12CC3CC(CC(C3)C1)C2)C12CC3CC(CC(C3)C1)C2. The Labute approximate surface area is 187 Å². The van der Waals surface area contributed by atoms with Gasteiger partial charge in [0.25, 0.3) is 0 Å². The van der Waals surface area contributed by atoms with Gasteiger partial charge >= 0.3 is 0 Å². The standard InChI is InChI=1S/C28H40OS/c1-17(2)29-24-3-4-30-25(24)26(27-11-18-5-19(12-27)7-20(6-18)13-27)28-14-21-8-22(15-28)10-23(9-21)16-28/h3-4,17-23,26H,5-16H2,1-2H3. The van der Waals surface area contributed by atoms with Crippen molar-refractivity contribution in [3.63, 3.8) is 0 Å². The molecule has 8 aliphatic carbocycles. The molecule has 0 N–H and O–H groups in total. The number of thiophene rings is 1. The van der Waals surface area contributed by atoms with E-state index in [1.54, 1.807) is 81.9 Å². The van der Waals surface area contributed by atoms with E-state index in [0.717, 1.165) is 41.4 Å². The summed E-state index contributed by atoms with van der Waals surface area (Å²) >= 11 is 2.07. The van der Waals surface area contributed by atoms with Gasteiger partial charge in [-0.3, -0.25) is 0 Å². The lowest BCUT2D eigenvalue weighted by atomic mass is 9.38. The maximum atomic E-state index is 6.50. The smallest absolute Gasteiger partial charge is 0.133 e. The van der Waals surface area contributed by atoms with E-state index in [4.69, 9.17) is 4.74 Å². The van der Waals surface area contributed by atoms with Crippen molar-refractivity contribution in [2.75, 3.05) is 0 Å². The summed E-state index contributed by atoms with van der Waals surface area (Å²) in [5.74, 6) is 8.32. The van der Waals surface area contributed by atoms with Gasteiger partial charge < -0.3 is 4.74 Å². The van der Waals surface area contributed by atoms with E-state index in [0.29, 0.717) is 10.8 Å². The van der Waals surface area contributed by atoms with Crippen molar-refractivity contribution >= 4 is 11.3 Å². The normalized spacial score (nSPS) is 49.2. The third-order valence-corrected chi connectivity index (χ3v) is 11.6. The lowest BCUT2D eigenvalue weighted by Gasteiger charge is -2.67. The highest BCUT2D eigenvalue weighted by Gasteiger charge is 2.63. The summed E-state index contributed by atoms with van der Waals surface area (Å²) in [5, 5.41) is 2.36. The van der Waals surface area contributed by atoms with Crippen LogP contribution in [0.1, 0.15) is 102 Å². The first-order chi connectivity index (χ1) is 14.5. The average Bonchev–Trinajstić information content (AvgIpc) is 3.05. The lowest BCUT2D eigenvalue weighted by molar-refractivity contribution is -0.143. The Morgan fingerprint density at radius 3 is 1.50 bits per heavy atom. The highest BCUT2D eigenvalue weighted by atomic mass is 32.1. The molecule has 0 atom stereocenters. The van der Waals surface area contributed by atoms with Gasteiger partial charge in [0.1, 0.15) is 5.75 Å². The van der Waals surface area contributed by atoms with Gasteiger partial charge in [-0.1, -0.05) is 0 Å². The molecule has 30 heavy (non-hydrogen) atoms. The van der Waals surface area contributed by atoms with Gasteiger partial charge in [-0.2, -0.15) is 0 Å². The van der Waals surface area contributed by atoms with Crippen LogP contribution in [-0.2, 0) is 0 Å². The fourth-order valence-corrected chi connectivity index (χ4v) is 12.3. The van der Waals surface area contributed by atoms with Gasteiger partial charge in [-0.05, 0) is 149 Å². The Hall–Kier alpha value is -0.500. The van der Waals surface area contributed by atoms with Crippen LogP contribution in [0.5, 0.6) is 5.75 Å². The van der Waals surface area contributed by atoms with Crippen LogP contribution in [0.15, 0.2) is 11.4 Å². The Morgan fingerprint density at radius 2 is 1.13 bits per heavy atom. The molecular formula is C28H40OS. The zero-order valence-electron chi connectivity index (χ0n) is 19.1. The van der Waals surface area contributed by atoms with Gasteiger partial charge in [0.2, 0.25) is 0 Å². The number of rotatable bonds is 5. The predicted molar refractivity (Wildman–Crippen MR) is 124 cm³/mol. The van der Waals surface area contributed by atoms with E-state index in [1.165, 1.54) is 5.75 Å². The Balaban J connectivity index is 1.36. The molecule has 0 amide bonds. The summed E-state index contributed by atoms with van der Waals surface area (Å²) in [6.45, 7) is 4.43. The average molecular weight is 425 g/mol. The Kier molecular flexibility index (Phi) is 4.13. The van der Waals surface area contributed by atoms with Crippen molar-refractivity contribution in [2.24, 2.45) is 46.3 Å². The monoisotopic (exact) mass is 424 g/mol. The number of hydrogen-bond donors (Lipinski definition) is 0. The van der Waals surface area contributed by atoms with Crippen LogP contribution >= 0.6 is 11.3 Å². The lowest BCUT2D eigenvalue weighted by Crippen LogP contribution is -2.57. The highest BCUT2D eigenvalue weighted by molar-refractivity contribution is 7.10. The van der Waals surface area contributed by atoms with Crippen LogP contribution in [0.4, 0.5) is 0 Å². The molecule has 164 valence electrons. The second-order valence-corrected chi connectivity index (χ2v) is 14.3. The molecule has 0 aromatic carbocycles. The fourth-order valence-electron chi connectivity index (χ4n) is 11.1. The second kappa shape index (κ2) is 6.52. The molecular weight excluding hydrogens is 384 g/mol. The maximum absolute atomic E-state index is 6.50. The molecule has 1 aromatic heterocycles. The first-order valence-electron chi connectivity index (χ1n) is 13.2. The minimum Gasteiger partial charge on any atom is -0.490 e. The summed E-state index contributed by atoms with van der Waals surface area (Å²) in [4.78, 5) is 1.69. The van der Waals surface area contributed by atoms with Gasteiger partial charge in [0.05, 0.1) is 11.0 Å². The van der Waals surface area contributed by atoms with E-state index in [-0.39, 0.29) is 6.10 Å². The van der Waals surface area contributed by atoms with E-state index < -0.39 is 0 Å². The van der Waals surface area contributed by atoms with E-state index in [9.17, 15) is 0 Å². The quantitative estimate of drug-likeness (QED) is 0.464. The minimum absolute atomic E-state index is 0.284. The summed E-state index contributed by atoms with van der Waals surface area (Å²) in [6.07, 6.45) is 18.9. The topological polar surface area (TPSA) is 9.23 Å². The van der Waals surface area contributed by atoms with Gasteiger partial charge in [0, 0.05) is 5.92 Å². The minimum atomic E-state index is 0.284. The third kappa shape index (κ3) is 2.77. The van der Waals surface area contributed by atoms with Gasteiger partial charge in [0.15, 0.2) is 0 Å². The largest absolute Gasteiger partial charge is 0.490 e. The fraction of sp³-hybridized carbons (Fsp3) is 0.857. The van der Waals surface area contributed by atoms with E-state index >= 15 is 0 Å². The van der Waals surface area contributed by atoms with Crippen LogP contribution in [0.25, 0.3) is 0 Å². The van der Waals surface area contributed by atoms with Crippen LogP contribution in [0.3, 0.4) is 0 Å². The molecule has 8 bridgehead atoms. The predicted octanol–water partition coefficient (Wildman–Crippen LogP) is 8.05. The molecule has 8 aliphatic rings. The first-order valence-corrected chi connectivity index (χ1v) is 14.1. The summed E-state index contributed by atoms with van der Waals surface area (Å²) in [5.41, 5.74) is 1.20. The Bertz CT molecular complexity index is 704. The molecule has 1 aromatic rings. The van der Waals surface area contributed by atoms with Crippen LogP contribution in [0.2, 0.25) is 0 Å². The zero-order chi connectivity index (χ0) is 20.1. The Morgan fingerprint density at radius 1 is 0.733 bits per heavy atom. The van der Waals surface area contributed by atoms with Crippen molar-refractivity contribution < 1.29 is 4.74 Å². The molecule has 8 saturated carbocycles. The molecule has 1 nitrogen and oxygen atoms in total. The van der Waals surface area contributed by atoms with E-state index in [2.05, 4.69) is 36.6 Å². The number of ether oxygens (including phenoxy) is 1. The van der Waals surface area contributed by atoms with Crippen LogP contribution in [-0.4, -0.2) is 6.10 Å². The molecule has 0 unspecified atom stereocenters. The van der Waals surface area contributed by atoms with Crippen molar-refractivity contribution in [3.8, 4) is 5.75 Å². The van der Waals surface area contributed by atoms with Crippen molar-refractivity contribution in [1.29, 1.82) is 0 Å². The zero-order valence-corrected chi connectivity index (χ0v) is 19.9. The van der Waals surface area contributed by atoms with Crippen molar-refractivity contribution in [1.82, 2.24) is 0 Å². The van der Waals surface area contributed by atoms with Crippen LogP contribution < -0.4 is 4.74 Å². The molecule has 8 fully saturated rings. The van der Waals surface area contributed by atoms with Gasteiger partial charge in [-0.25, -0.2) is 0 Å². The summed E-state index contributed by atoms with van der Waals surface area (Å²) < 4.78 is 6.50. The molecule has 0 spiro atoms. The summed E-state index contributed by atoms with van der Waals surface area (Å²) in [6, 6.07) is 2.33. The third-order valence-electron chi connectivity index (χ3n) is 10.7. The molecule has 9 rings (SSSR count). The first kappa shape index (κ1) is 19.0. The van der Waals surface area contributed by atoms with Gasteiger partial charge in [-0.15, -0.1) is 11.3 Å². The van der Waals surface area contributed by atoms with Crippen LogP contribution in [0, 0.1) is 46.3 Å². The summed E-state index contributed by atoms with van der Waals surface area (Å²) in [7, 11) is 0. The number of hydrogen-bond acceptors (Lipinski definition) is 2. The maximum Gasteiger partial charge on any atom is 0.133 e. The second-order valence-electron chi connectivity index (χ2n) is 13.3. The van der Waals surface area contributed by atoms with Crippen molar-refractivity contribution in [2.45, 2.75) is 103 Å². The molecule has 2 heteroatoms. The van der Waals surface area contributed by atoms with Crippen molar-refractivity contribution in [3.05, 3.63) is 16.3 Å². The molecule has 0 aliphatic heterocycles. The molecule has 1 heterocycles. The van der Waals surface area contributed by atoms with E-state index in [1.807, 2.05) is 0 Å².